The fourth-order valence-electron chi connectivity index (χ4n) is 3.86. The largest absolute Gasteiger partial charge is 0.394 e. The van der Waals surface area contributed by atoms with Crippen molar-refractivity contribution in [2.45, 2.75) is 36.9 Å². The van der Waals surface area contributed by atoms with Gasteiger partial charge in [-0.25, -0.2) is 0 Å². The van der Waals surface area contributed by atoms with E-state index >= 15 is 0 Å². The van der Waals surface area contributed by atoms with E-state index in [1.54, 1.807) is 24.3 Å². The van der Waals surface area contributed by atoms with Gasteiger partial charge in [-0.15, -0.1) is 0 Å². The first-order valence-electron chi connectivity index (χ1n) is 10.0. The Kier molecular flexibility index (Phi) is 8.13. The highest BCUT2D eigenvalue weighted by atomic mass is 35.5. The molecule has 1 aliphatic rings. The van der Waals surface area contributed by atoms with Crippen LogP contribution >= 0.6 is 23.2 Å². The number of nitrogens with zero attached hydrogens (tertiary/aromatic N) is 1. The van der Waals surface area contributed by atoms with Crippen molar-refractivity contribution in [3.63, 3.8) is 0 Å². The number of nitrogens with one attached hydrogen (secondary N) is 1. The van der Waals surface area contributed by atoms with E-state index in [-0.39, 0.29) is 5.92 Å². The number of benzene rings is 2. The molecule has 5 atom stereocenters. The Bertz CT molecular complexity index is 975. The summed E-state index contributed by atoms with van der Waals surface area (Å²) >= 11 is 12.6. The van der Waals surface area contributed by atoms with Crippen molar-refractivity contribution in [2.75, 3.05) is 25.5 Å². The quantitative estimate of drug-likeness (QED) is 0.344. The van der Waals surface area contributed by atoms with Crippen molar-refractivity contribution in [1.82, 2.24) is 4.90 Å². The molecule has 1 aliphatic heterocycles. The lowest BCUT2D eigenvalue weighted by atomic mass is 9.84. The summed E-state index contributed by atoms with van der Waals surface area (Å²) in [6, 6.07) is 10.6. The fourth-order valence-corrected chi connectivity index (χ4v) is 4.43. The van der Waals surface area contributed by atoms with E-state index in [0.717, 1.165) is 16.7 Å². The highest BCUT2D eigenvalue weighted by molar-refractivity contribution is 6.35. The van der Waals surface area contributed by atoms with Crippen LogP contribution in [0.15, 0.2) is 36.4 Å². The van der Waals surface area contributed by atoms with Crippen LogP contribution in [0.3, 0.4) is 0 Å². The van der Waals surface area contributed by atoms with E-state index in [9.17, 15) is 25.2 Å². The SMILES string of the molecule is CN1Cc2c(Cl)cc(Cl)cc2[C@H](c2cccc(NC(=O)C(O)C(O)C(O)C(O)CO)c2)C1. The normalized spacial score (nSPS) is 20.2. The van der Waals surface area contributed by atoms with Crippen LogP contribution in [-0.4, -0.2) is 81.0 Å². The monoisotopic (exact) mass is 484 g/mol. The molecule has 10 heteroatoms. The van der Waals surface area contributed by atoms with E-state index in [4.69, 9.17) is 28.3 Å². The number of carbonyl (C=O) groups is 1. The minimum Gasteiger partial charge on any atom is -0.394 e. The highest BCUT2D eigenvalue weighted by Gasteiger charge is 2.34. The second kappa shape index (κ2) is 10.5. The number of aliphatic hydroxyl groups is 5. The maximum atomic E-state index is 12.4. The molecule has 2 aromatic carbocycles. The molecule has 0 aromatic heterocycles. The topological polar surface area (TPSA) is 133 Å². The number of likely N-dealkylation sites (N-methyl/N-ethyl adjacent to an activating group) is 1. The molecule has 3 rings (SSSR count). The Balaban J connectivity index is 1.82. The van der Waals surface area contributed by atoms with Gasteiger partial charge in [0.25, 0.3) is 5.91 Å². The lowest BCUT2D eigenvalue weighted by Gasteiger charge is -2.33. The van der Waals surface area contributed by atoms with Crippen LogP contribution in [0.25, 0.3) is 0 Å². The zero-order valence-corrected chi connectivity index (χ0v) is 18.8. The Morgan fingerprint density at radius 3 is 2.56 bits per heavy atom. The minimum atomic E-state index is -2.02. The molecule has 0 bridgehead atoms. The molecular weight excluding hydrogens is 459 g/mol. The average molecular weight is 485 g/mol. The Labute approximate surface area is 195 Å². The van der Waals surface area contributed by atoms with Gasteiger partial charge < -0.3 is 35.7 Å². The van der Waals surface area contributed by atoms with Gasteiger partial charge in [-0.2, -0.15) is 0 Å². The zero-order valence-electron chi connectivity index (χ0n) is 17.3. The van der Waals surface area contributed by atoms with Crippen LogP contribution in [-0.2, 0) is 11.3 Å². The maximum absolute atomic E-state index is 12.4. The Morgan fingerprint density at radius 2 is 1.88 bits per heavy atom. The number of hydrogen-bond acceptors (Lipinski definition) is 7. The number of rotatable bonds is 7. The van der Waals surface area contributed by atoms with Crippen LogP contribution in [0.4, 0.5) is 5.69 Å². The van der Waals surface area contributed by atoms with Crippen LogP contribution in [0.1, 0.15) is 22.6 Å². The molecule has 0 fully saturated rings. The molecule has 0 radical (unpaired) electrons. The molecular formula is C22H26Cl2N2O6. The zero-order chi connectivity index (χ0) is 23.6. The third-order valence-corrected chi connectivity index (χ3v) is 6.13. The molecule has 1 heterocycles. The summed E-state index contributed by atoms with van der Waals surface area (Å²) in [4.78, 5) is 14.5. The molecule has 1 amide bonds. The van der Waals surface area contributed by atoms with Crippen molar-refractivity contribution in [1.29, 1.82) is 0 Å². The van der Waals surface area contributed by atoms with Gasteiger partial charge in [0.2, 0.25) is 0 Å². The average Bonchev–Trinajstić information content (AvgIpc) is 2.77. The third kappa shape index (κ3) is 5.41. The van der Waals surface area contributed by atoms with Crippen molar-refractivity contribution < 1.29 is 30.3 Å². The van der Waals surface area contributed by atoms with Gasteiger partial charge in [-0.05, 0) is 48.0 Å². The van der Waals surface area contributed by atoms with Crippen LogP contribution in [0.5, 0.6) is 0 Å². The predicted octanol–water partition coefficient (Wildman–Crippen LogP) is 0.945. The molecule has 174 valence electrons. The molecule has 0 saturated heterocycles. The summed E-state index contributed by atoms with van der Waals surface area (Å²) < 4.78 is 0. The summed E-state index contributed by atoms with van der Waals surface area (Å²) in [5.74, 6) is -1.03. The van der Waals surface area contributed by atoms with Crippen molar-refractivity contribution in [3.8, 4) is 0 Å². The van der Waals surface area contributed by atoms with E-state index in [0.29, 0.717) is 28.8 Å². The van der Waals surface area contributed by atoms with Crippen LogP contribution < -0.4 is 5.32 Å². The van der Waals surface area contributed by atoms with Gasteiger partial charge >= 0.3 is 0 Å². The van der Waals surface area contributed by atoms with Crippen molar-refractivity contribution in [2.24, 2.45) is 0 Å². The second-order valence-corrected chi connectivity index (χ2v) is 8.84. The fraction of sp³-hybridized carbons (Fsp3) is 0.409. The van der Waals surface area contributed by atoms with Gasteiger partial charge in [0.05, 0.1) is 6.61 Å². The minimum absolute atomic E-state index is 0.0613. The van der Waals surface area contributed by atoms with Crippen LogP contribution in [0, 0.1) is 0 Å². The summed E-state index contributed by atoms with van der Waals surface area (Å²) in [6.45, 7) is 0.554. The summed E-state index contributed by atoms with van der Waals surface area (Å²) in [5, 5.41) is 51.6. The lowest BCUT2D eigenvalue weighted by Crippen LogP contribution is -2.50. The number of amides is 1. The Morgan fingerprint density at radius 1 is 1.16 bits per heavy atom. The third-order valence-electron chi connectivity index (χ3n) is 5.57. The molecule has 2 aromatic rings. The first-order chi connectivity index (χ1) is 15.1. The summed E-state index contributed by atoms with van der Waals surface area (Å²) in [6.07, 6.45) is -7.59. The molecule has 0 aliphatic carbocycles. The lowest BCUT2D eigenvalue weighted by molar-refractivity contribution is -0.144. The number of anilines is 1. The first-order valence-corrected chi connectivity index (χ1v) is 10.8. The van der Waals surface area contributed by atoms with Gasteiger partial charge in [-0.3, -0.25) is 4.79 Å². The molecule has 8 nitrogen and oxygen atoms in total. The van der Waals surface area contributed by atoms with E-state index < -0.39 is 36.9 Å². The van der Waals surface area contributed by atoms with E-state index in [1.165, 1.54) is 0 Å². The molecule has 6 N–H and O–H groups in total. The van der Waals surface area contributed by atoms with Gasteiger partial charge in [0, 0.05) is 34.7 Å². The smallest absolute Gasteiger partial charge is 0.256 e. The van der Waals surface area contributed by atoms with Crippen molar-refractivity contribution in [3.05, 3.63) is 63.1 Å². The number of aliphatic hydroxyl groups excluding tert-OH is 5. The standard InChI is InChI=1S/C22H26Cl2N2O6/c1-26-8-15(14-6-12(23)7-17(24)16(14)9-26)11-3-2-4-13(5-11)25-22(32)21(31)20(30)19(29)18(28)10-27/h2-7,15,18-21,27-31H,8-10H2,1H3,(H,25,32)/t15-,18?,19?,20?,21?/m0/s1. The molecule has 0 spiro atoms. The highest BCUT2D eigenvalue weighted by Crippen LogP contribution is 2.38. The maximum Gasteiger partial charge on any atom is 0.256 e. The Hall–Kier alpha value is -1.75. The molecule has 0 saturated carbocycles. The number of fused-ring (bicyclic) bond motifs is 1. The van der Waals surface area contributed by atoms with Crippen LogP contribution in [0.2, 0.25) is 10.0 Å². The first kappa shape index (κ1) is 24.9. The molecule has 32 heavy (non-hydrogen) atoms. The number of halogens is 2. The second-order valence-electron chi connectivity index (χ2n) is 8.00. The van der Waals surface area contributed by atoms with E-state index in [1.807, 2.05) is 19.2 Å². The summed E-state index contributed by atoms with van der Waals surface area (Å²) in [5.41, 5.74) is 3.25. The number of carbonyl (C=O) groups excluding carboxylic acids is 1. The van der Waals surface area contributed by atoms with Crippen molar-refractivity contribution >= 4 is 34.8 Å². The van der Waals surface area contributed by atoms with Gasteiger partial charge in [-0.1, -0.05) is 35.3 Å². The van der Waals surface area contributed by atoms with E-state index in [2.05, 4.69) is 10.2 Å². The van der Waals surface area contributed by atoms with Gasteiger partial charge in [0.1, 0.15) is 18.3 Å². The summed E-state index contributed by atoms with van der Waals surface area (Å²) in [7, 11) is 1.98. The predicted molar refractivity (Wildman–Crippen MR) is 121 cm³/mol. The molecule has 4 unspecified atom stereocenters. The number of hydrogen-bond donors (Lipinski definition) is 6. The van der Waals surface area contributed by atoms with Gasteiger partial charge in [0.15, 0.2) is 6.10 Å².